The molecule has 1 fully saturated rings. The molecule has 0 aliphatic carbocycles. The van der Waals surface area contributed by atoms with Crippen LogP contribution in [0.5, 0.6) is 0 Å². The number of halogens is 1. The Hall–Kier alpha value is -3.19. The van der Waals surface area contributed by atoms with Gasteiger partial charge in [-0.25, -0.2) is 13.4 Å². The van der Waals surface area contributed by atoms with E-state index < -0.39 is 20.3 Å². The molecule has 1 aromatic carbocycles. The van der Waals surface area contributed by atoms with Crippen LogP contribution in [0.15, 0.2) is 57.2 Å². The normalized spacial score (nSPS) is 19.3. The Balaban J connectivity index is 1.97. The number of benzene rings is 1. The van der Waals surface area contributed by atoms with Gasteiger partial charge in [-0.05, 0) is 62.7 Å². The van der Waals surface area contributed by atoms with E-state index in [9.17, 15) is 18.5 Å². The molecule has 2 aromatic heterocycles. The lowest BCUT2D eigenvalue weighted by Crippen LogP contribution is -2.46. The molecule has 0 unspecified atom stereocenters. The van der Waals surface area contributed by atoms with Gasteiger partial charge in [-0.1, -0.05) is 17.7 Å². The summed E-state index contributed by atoms with van der Waals surface area (Å²) in [7, 11) is -4.19. The molecule has 0 saturated carbocycles. The molecule has 1 aliphatic heterocycles. The van der Waals surface area contributed by atoms with Crippen LogP contribution in [-0.4, -0.2) is 43.1 Å². The summed E-state index contributed by atoms with van der Waals surface area (Å²) in [5, 5.41) is 10.2. The predicted molar refractivity (Wildman–Crippen MR) is 131 cm³/mol. The van der Waals surface area contributed by atoms with Gasteiger partial charge in [0.15, 0.2) is 0 Å². The summed E-state index contributed by atoms with van der Waals surface area (Å²) in [5.74, 6) is 0.320. The average molecular weight is 499 g/mol. The summed E-state index contributed by atoms with van der Waals surface area (Å²) in [6.45, 7) is 6.61. The van der Waals surface area contributed by atoms with Gasteiger partial charge in [0.05, 0.1) is 22.7 Å². The Morgan fingerprint density at radius 3 is 2.47 bits per heavy atom. The number of aromatic nitrogens is 2. The molecule has 176 valence electrons. The SMILES string of the molecule is Cc1cccn2c(=O)c(/C=C(\C#N)S(=O)(=O)c3ccc(Cl)cc3)c(N3C[C@@H](C)O[C@H](C)C3)nc12. The number of ether oxygens (including phenoxy) is 1. The van der Waals surface area contributed by atoms with E-state index >= 15 is 0 Å². The molecule has 0 N–H and O–H groups in total. The number of morpholine rings is 1. The second kappa shape index (κ2) is 9.22. The smallest absolute Gasteiger partial charge is 0.267 e. The van der Waals surface area contributed by atoms with Crippen LogP contribution < -0.4 is 10.5 Å². The summed E-state index contributed by atoms with van der Waals surface area (Å²) in [6.07, 6.45) is 2.45. The molecule has 3 heterocycles. The number of aryl methyl sites for hydroxylation is 1. The molecule has 2 atom stereocenters. The number of hydrogen-bond donors (Lipinski definition) is 0. The van der Waals surface area contributed by atoms with Crippen LogP contribution in [0.4, 0.5) is 5.82 Å². The van der Waals surface area contributed by atoms with Gasteiger partial charge in [0.2, 0.25) is 9.84 Å². The second-order valence-corrected chi connectivity index (χ2v) is 10.6. The van der Waals surface area contributed by atoms with Gasteiger partial charge >= 0.3 is 0 Å². The van der Waals surface area contributed by atoms with Crippen LogP contribution in [-0.2, 0) is 14.6 Å². The first kappa shape index (κ1) is 24.0. The standard InChI is InChI=1S/C24H23ClN4O4S/c1-15-5-4-10-29-22(15)27-23(28-13-16(2)33-17(3)14-28)21(24(29)30)11-20(12-26)34(31,32)19-8-6-18(25)7-9-19/h4-11,16-17H,13-14H2,1-3H3/b20-11+/t16-,17-/m1/s1. The zero-order valence-corrected chi connectivity index (χ0v) is 20.5. The van der Waals surface area contributed by atoms with Gasteiger partial charge in [0.25, 0.3) is 5.56 Å². The van der Waals surface area contributed by atoms with Crippen LogP contribution in [0.1, 0.15) is 25.0 Å². The highest BCUT2D eigenvalue weighted by atomic mass is 35.5. The summed E-state index contributed by atoms with van der Waals surface area (Å²) in [5.41, 5.74) is 0.818. The lowest BCUT2D eigenvalue weighted by Gasteiger charge is -2.36. The number of anilines is 1. The molecule has 1 saturated heterocycles. The molecule has 4 rings (SSSR count). The maximum atomic E-state index is 13.6. The quantitative estimate of drug-likeness (QED) is 0.506. The van der Waals surface area contributed by atoms with Crippen molar-refractivity contribution in [3.63, 3.8) is 0 Å². The first-order chi connectivity index (χ1) is 16.1. The van der Waals surface area contributed by atoms with Gasteiger partial charge in [-0.3, -0.25) is 9.20 Å². The number of sulfone groups is 1. The third-order valence-electron chi connectivity index (χ3n) is 5.58. The van der Waals surface area contributed by atoms with Crippen molar-refractivity contribution in [1.82, 2.24) is 9.38 Å². The van der Waals surface area contributed by atoms with Crippen molar-refractivity contribution in [1.29, 1.82) is 5.26 Å². The summed E-state index contributed by atoms with van der Waals surface area (Å²) < 4.78 is 33.6. The number of hydrogen-bond acceptors (Lipinski definition) is 7. The van der Waals surface area contributed by atoms with E-state index in [2.05, 4.69) is 0 Å². The molecule has 8 nitrogen and oxygen atoms in total. The fourth-order valence-corrected chi connectivity index (χ4v) is 5.33. The van der Waals surface area contributed by atoms with E-state index in [1.807, 2.05) is 31.7 Å². The van der Waals surface area contributed by atoms with Crippen LogP contribution in [0.2, 0.25) is 5.02 Å². The fraction of sp³-hybridized carbons (Fsp3) is 0.292. The van der Waals surface area contributed by atoms with E-state index in [0.717, 1.165) is 11.6 Å². The van der Waals surface area contributed by atoms with Gasteiger partial charge in [0.1, 0.15) is 22.4 Å². The van der Waals surface area contributed by atoms with Crippen LogP contribution in [0.25, 0.3) is 11.7 Å². The van der Waals surface area contributed by atoms with Crippen LogP contribution >= 0.6 is 11.6 Å². The zero-order valence-electron chi connectivity index (χ0n) is 18.9. The highest BCUT2D eigenvalue weighted by Gasteiger charge is 2.28. The number of pyridine rings is 1. The number of rotatable bonds is 4. The lowest BCUT2D eigenvalue weighted by atomic mass is 10.1. The summed E-state index contributed by atoms with van der Waals surface area (Å²) in [4.78, 5) is 19.6. The Morgan fingerprint density at radius 2 is 1.85 bits per heavy atom. The largest absolute Gasteiger partial charge is 0.372 e. The third kappa shape index (κ3) is 4.44. The lowest BCUT2D eigenvalue weighted by molar-refractivity contribution is -0.00546. The number of nitriles is 1. The van der Waals surface area contributed by atoms with Crippen molar-refractivity contribution in [2.75, 3.05) is 18.0 Å². The number of fused-ring (bicyclic) bond motifs is 1. The number of nitrogens with zero attached hydrogens (tertiary/aromatic N) is 4. The Kier molecular flexibility index (Phi) is 6.49. The highest BCUT2D eigenvalue weighted by molar-refractivity contribution is 7.95. The monoisotopic (exact) mass is 498 g/mol. The Labute approximate surface area is 202 Å². The van der Waals surface area contributed by atoms with Crippen LogP contribution in [0, 0.1) is 18.3 Å². The van der Waals surface area contributed by atoms with Gasteiger partial charge < -0.3 is 9.64 Å². The molecule has 1 aliphatic rings. The van der Waals surface area contributed by atoms with Crippen molar-refractivity contribution in [2.24, 2.45) is 0 Å². The van der Waals surface area contributed by atoms with E-state index in [1.54, 1.807) is 18.3 Å². The first-order valence-electron chi connectivity index (χ1n) is 10.7. The Morgan fingerprint density at radius 1 is 1.21 bits per heavy atom. The van der Waals surface area contributed by atoms with E-state index in [-0.39, 0.29) is 22.7 Å². The van der Waals surface area contributed by atoms with Crippen LogP contribution in [0.3, 0.4) is 0 Å². The molecule has 0 amide bonds. The molecular formula is C24H23ClN4O4S. The topological polar surface area (TPSA) is 105 Å². The maximum absolute atomic E-state index is 13.6. The third-order valence-corrected chi connectivity index (χ3v) is 7.52. The minimum atomic E-state index is -4.19. The summed E-state index contributed by atoms with van der Waals surface area (Å²) >= 11 is 5.88. The summed E-state index contributed by atoms with van der Waals surface area (Å²) in [6, 6.07) is 10.8. The first-order valence-corrected chi connectivity index (χ1v) is 12.5. The molecular weight excluding hydrogens is 476 g/mol. The minimum absolute atomic E-state index is 0.0264. The molecule has 3 aromatic rings. The predicted octanol–water partition coefficient (Wildman–Crippen LogP) is 3.61. The molecule has 10 heteroatoms. The molecule has 0 bridgehead atoms. The van der Waals surface area contributed by atoms with E-state index in [4.69, 9.17) is 21.3 Å². The van der Waals surface area contributed by atoms with E-state index in [0.29, 0.717) is 29.6 Å². The van der Waals surface area contributed by atoms with Gasteiger partial charge in [-0.15, -0.1) is 0 Å². The Bertz CT molecular complexity index is 1480. The highest BCUT2D eigenvalue weighted by Crippen LogP contribution is 2.27. The van der Waals surface area contributed by atoms with Crippen molar-refractivity contribution in [2.45, 2.75) is 37.9 Å². The van der Waals surface area contributed by atoms with E-state index in [1.165, 1.54) is 28.7 Å². The number of allylic oxidation sites excluding steroid dienone is 1. The van der Waals surface area contributed by atoms with Gasteiger partial charge in [0, 0.05) is 24.3 Å². The second-order valence-electron chi connectivity index (χ2n) is 8.28. The van der Waals surface area contributed by atoms with Crippen molar-refractivity contribution < 1.29 is 13.2 Å². The zero-order chi connectivity index (χ0) is 24.6. The maximum Gasteiger partial charge on any atom is 0.267 e. The van der Waals surface area contributed by atoms with Crippen molar-refractivity contribution >= 4 is 39.0 Å². The van der Waals surface area contributed by atoms with Crippen molar-refractivity contribution in [3.05, 3.63) is 74.0 Å². The molecule has 34 heavy (non-hydrogen) atoms. The minimum Gasteiger partial charge on any atom is -0.372 e. The molecule has 0 spiro atoms. The fourth-order valence-electron chi connectivity index (χ4n) is 4.06. The average Bonchev–Trinajstić information content (AvgIpc) is 2.78. The van der Waals surface area contributed by atoms with Gasteiger partial charge in [-0.2, -0.15) is 5.26 Å². The molecule has 0 radical (unpaired) electrons. The van der Waals surface area contributed by atoms with Crippen molar-refractivity contribution in [3.8, 4) is 6.07 Å².